The fraction of sp³-hybridized carbons (Fsp3) is 0.500. The second-order valence-electron chi connectivity index (χ2n) is 4.88. The van der Waals surface area contributed by atoms with Crippen LogP contribution in [0.4, 0.5) is 0 Å². The highest BCUT2D eigenvalue weighted by molar-refractivity contribution is 5.85. The number of piperidine rings is 1. The molecule has 0 aromatic carbocycles. The Balaban J connectivity index is 2.00. The molecule has 1 saturated heterocycles. The fourth-order valence-corrected chi connectivity index (χ4v) is 2.55. The van der Waals surface area contributed by atoms with Crippen LogP contribution in [0.3, 0.4) is 0 Å². The van der Waals surface area contributed by atoms with Gasteiger partial charge in [-0.3, -0.25) is 14.6 Å². The number of hydrogen-bond donors (Lipinski definition) is 2. The summed E-state index contributed by atoms with van der Waals surface area (Å²) in [5.41, 5.74) is 1.05. The SMILES string of the molecule is O=C(O)C(CCc1ccncc1)C1CCCNC1=O. The van der Waals surface area contributed by atoms with Crippen LogP contribution in [0.2, 0.25) is 0 Å². The minimum absolute atomic E-state index is 0.117. The zero-order valence-corrected chi connectivity index (χ0v) is 10.7. The molecule has 5 heteroatoms. The van der Waals surface area contributed by atoms with Crippen LogP contribution in [-0.2, 0) is 16.0 Å². The third kappa shape index (κ3) is 3.53. The molecule has 19 heavy (non-hydrogen) atoms. The van der Waals surface area contributed by atoms with Crippen molar-refractivity contribution < 1.29 is 14.7 Å². The number of hydrogen-bond acceptors (Lipinski definition) is 3. The van der Waals surface area contributed by atoms with Gasteiger partial charge in [0.05, 0.1) is 11.8 Å². The van der Waals surface area contributed by atoms with Gasteiger partial charge in [0.1, 0.15) is 0 Å². The number of carboxylic acid groups (broad SMARTS) is 1. The molecule has 0 aliphatic carbocycles. The molecule has 0 spiro atoms. The van der Waals surface area contributed by atoms with Crippen molar-refractivity contribution in [1.82, 2.24) is 10.3 Å². The number of carbonyl (C=O) groups excluding carboxylic acids is 1. The van der Waals surface area contributed by atoms with E-state index in [1.807, 2.05) is 12.1 Å². The molecule has 2 heterocycles. The van der Waals surface area contributed by atoms with E-state index in [0.717, 1.165) is 12.0 Å². The van der Waals surface area contributed by atoms with Gasteiger partial charge in [0.15, 0.2) is 0 Å². The minimum atomic E-state index is -0.879. The number of carbonyl (C=O) groups is 2. The molecule has 1 amide bonds. The first-order valence-electron chi connectivity index (χ1n) is 6.58. The third-order valence-electron chi connectivity index (χ3n) is 3.62. The van der Waals surface area contributed by atoms with Crippen molar-refractivity contribution in [3.8, 4) is 0 Å². The standard InChI is InChI=1S/C14H18N2O3/c17-13-11(2-1-7-16-13)12(14(18)19)4-3-10-5-8-15-9-6-10/h5-6,8-9,11-12H,1-4,7H2,(H,16,17)(H,18,19). The number of aromatic nitrogens is 1. The molecular weight excluding hydrogens is 244 g/mol. The van der Waals surface area contributed by atoms with E-state index in [1.165, 1.54) is 0 Å². The quantitative estimate of drug-likeness (QED) is 0.836. The van der Waals surface area contributed by atoms with Gasteiger partial charge in [-0.2, -0.15) is 0 Å². The molecule has 1 aliphatic heterocycles. The lowest BCUT2D eigenvalue weighted by Crippen LogP contribution is -2.42. The monoisotopic (exact) mass is 262 g/mol. The predicted octanol–water partition coefficient (Wildman–Crippen LogP) is 1.24. The molecule has 0 radical (unpaired) electrons. The smallest absolute Gasteiger partial charge is 0.307 e. The highest BCUT2D eigenvalue weighted by Crippen LogP contribution is 2.25. The molecule has 1 aliphatic rings. The Morgan fingerprint density at radius 1 is 1.47 bits per heavy atom. The molecule has 0 saturated carbocycles. The van der Waals surface area contributed by atoms with E-state index < -0.39 is 17.8 Å². The average molecular weight is 262 g/mol. The van der Waals surface area contributed by atoms with Gasteiger partial charge in [-0.05, 0) is 43.4 Å². The van der Waals surface area contributed by atoms with Crippen LogP contribution >= 0.6 is 0 Å². The molecule has 1 aromatic rings. The van der Waals surface area contributed by atoms with Gasteiger partial charge in [-0.15, -0.1) is 0 Å². The van der Waals surface area contributed by atoms with Crippen molar-refractivity contribution in [3.05, 3.63) is 30.1 Å². The number of rotatable bonds is 5. The van der Waals surface area contributed by atoms with Crippen LogP contribution in [0.25, 0.3) is 0 Å². The van der Waals surface area contributed by atoms with Gasteiger partial charge < -0.3 is 10.4 Å². The number of carboxylic acids is 1. The van der Waals surface area contributed by atoms with E-state index in [9.17, 15) is 14.7 Å². The molecule has 0 bridgehead atoms. The topological polar surface area (TPSA) is 79.3 Å². The van der Waals surface area contributed by atoms with Crippen LogP contribution in [0.1, 0.15) is 24.8 Å². The van der Waals surface area contributed by atoms with Gasteiger partial charge in [0, 0.05) is 18.9 Å². The summed E-state index contributed by atoms with van der Waals surface area (Å²) in [6.45, 7) is 0.659. The van der Waals surface area contributed by atoms with Gasteiger partial charge in [-0.25, -0.2) is 0 Å². The van der Waals surface area contributed by atoms with Gasteiger partial charge in [0.25, 0.3) is 0 Å². The first kappa shape index (κ1) is 13.5. The highest BCUT2D eigenvalue weighted by Gasteiger charge is 2.34. The van der Waals surface area contributed by atoms with Crippen molar-refractivity contribution >= 4 is 11.9 Å². The molecular formula is C14H18N2O3. The largest absolute Gasteiger partial charge is 0.481 e. The van der Waals surface area contributed by atoms with Crippen LogP contribution < -0.4 is 5.32 Å². The lowest BCUT2D eigenvalue weighted by atomic mass is 9.82. The average Bonchev–Trinajstić information content (AvgIpc) is 2.42. The lowest BCUT2D eigenvalue weighted by molar-refractivity contribution is -0.148. The maximum Gasteiger partial charge on any atom is 0.307 e. The lowest BCUT2D eigenvalue weighted by Gasteiger charge is -2.27. The molecule has 102 valence electrons. The molecule has 1 fully saturated rings. The molecule has 5 nitrogen and oxygen atoms in total. The van der Waals surface area contributed by atoms with E-state index >= 15 is 0 Å². The molecule has 2 N–H and O–H groups in total. The predicted molar refractivity (Wildman–Crippen MR) is 69.4 cm³/mol. The Kier molecular flexibility index (Phi) is 4.49. The van der Waals surface area contributed by atoms with Crippen LogP contribution in [0.15, 0.2) is 24.5 Å². The van der Waals surface area contributed by atoms with Crippen LogP contribution in [-0.4, -0.2) is 28.5 Å². The van der Waals surface area contributed by atoms with Crippen molar-refractivity contribution in [1.29, 1.82) is 0 Å². The van der Waals surface area contributed by atoms with Crippen LogP contribution in [0, 0.1) is 11.8 Å². The zero-order chi connectivity index (χ0) is 13.7. The van der Waals surface area contributed by atoms with E-state index in [2.05, 4.69) is 10.3 Å². The number of aliphatic carboxylic acids is 1. The van der Waals surface area contributed by atoms with Crippen molar-refractivity contribution in [2.45, 2.75) is 25.7 Å². The van der Waals surface area contributed by atoms with E-state index in [4.69, 9.17) is 0 Å². The minimum Gasteiger partial charge on any atom is -0.481 e. The summed E-state index contributed by atoms with van der Waals surface area (Å²) in [7, 11) is 0. The number of aryl methyl sites for hydroxylation is 1. The van der Waals surface area contributed by atoms with E-state index in [1.54, 1.807) is 12.4 Å². The zero-order valence-electron chi connectivity index (χ0n) is 10.7. The first-order chi connectivity index (χ1) is 9.18. The van der Waals surface area contributed by atoms with Crippen LogP contribution in [0.5, 0.6) is 0 Å². The summed E-state index contributed by atoms with van der Waals surface area (Å²) in [6.07, 6.45) is 6.05. The summed E-state index contributed by atoms with van der Waals surface area (Å²) in [5, 5.41) is 12.1. The Labute approximate surface area is 112 Å². The second-order valence-corrected chi connectivity index (χ2v) is 4.88. The molecule has 2 atom stereocenters. The van der Waals surface area contributed by atoms with Gasteiger partial charge >= 0.3 is 5.97 Å². The maximum absolute atomic E-state index is 11.8. The summed E-state index contributed by atoms with van der Waals surface area (Å²) in [6, 6.07) is 3.75. The third-order valence-corrected chi connectivity index (χ3v) is 3.62. The highest BCUT2D eigenvalue weighted by atomic mass is 16.4. The molecule has 2 rings (SSSR count). The summed E-state index contributed by atoms with van der Waals surface area (Å²) < 4.78 is 0. The van der Waals surface area contributed by atoms with Crippen molar-refractivity contribution in [2.75, 3.05) is 6.54 Å². The second kappa shape index (κ2) is 6.31. The van der Waals surface area contributed by atoms with E-state index in [0.29, 0.717) is 25.8 Å². The summed E-state index contributed by atoms with van der Waals surface area (Å²) in [5.74, 6) is -1.99. The number of nitrogens with zero attached hydrogens (tertiary/aromatic N) is 1. The van der Waals surface area contributed by atoms with Crippen molar-refractivity contribution in [2.24, 2.45) is 11.8 Å². The molecule has 1 aromatic heterocycles. The normalized spacial score (nSPS) is 20.6. The van der Waals surface area contributed by atoms with E-state index in [-0.39, 0.29) is 5.91 Å². The van der Waals surface area contributed by atoms with Gasteiger partial charge in [-0.1, -0.05) is 0 Å². The number of nitrogens with one attached hydrogen (secondary N) is 1. The summed E-state index contributed by atoms with van der Waals surface area (Å²) >= 11 is 0. The number of pyridine rings is 1. The number of amides is 1. The Hall–Kier alpha value is -1.91. The Bertz CT molecular complexity index is 447. The fourth-order valence-electron chi connectivity index (χ4n) is 2.55. The van der Waals surface area contributed by atoms with Gasteiger partial charge in [0.2, 0.25) is 5.91 Å². The molecule has 2 unspecified atom stereocenters. The Morgan fingerprint density at radius 2 is 2.21 bits per heavy atom. The first-order valence-corrected chi connectivity index (χ1v) is 6.58. The Morgan fingerprint density at radius 3 is 2.84 bits per heavy atom. The summed E-state index contributed by atoms with van der Waals surface area (Å²) in [4.78, 5) is 27.1. The maximum atomic E-state index is 11.8. The van der Waals surface area contributed by atoms with Crippen molar-refractivity contribution in [3.63, 3.8) is 0 Å².